The van der Waals surface area contributed by atoms with E-state index < -0.39 is 0 Å². The van der Waals surface area contributed by atoms with Crippen LogP contribution in [0.3, 0.4) is 0 Å². The van der Waals surface area contributed by atoms with E-state index in [0.29, 0.717) is 11.0 Å². The molecule has 0 unspecified atom stereocenters. The van der Waals surface area contributed by atoms with Crippen LogP contribution >= 0.6 is 0 Å². The molecule has 0 aliphatic rings. The molecule has 0 bridgehead atoms. The quantitative estimate of drug-likeness (QED) is 0.590. The summed E-state index contributed by atoms with van der Waals surface area (Å²) in [6, 6.07) is 7.05. The minimum absolute atomic E-state index is 0.158. The van der Waals surface area contributed by atoms with Crippen molar-refractivity contribution < 1.29 is 0 Å². The van der Waals surface area contributed by atoms with Gasteiger partial charge in [-0.3, -0.25) is 9.59 Å². The zero-order valence-electron chi connectivity index (χ0n) is 10.1. The van der Waals surface area contributed by atoms with Gasteiger partial charge in [-0.2, -0.15) is 0 Å². The fourth-order valence-electron chi connectivity index (χ4n) is 2.39. The third kappa shape index (κ3) is 1.46. The van der Waals surface area contributed by atoms with Crippen molar-refractivity contribution in [1.29, 1.82) is 0 Å². The number of hydrogen-bond acceptors (Lipinski definition) is 2. The Morgan fingerprint density at radius 3 is 1.56 bits per heavy atom. The van der Waals surface area contributed by atoms with Crippen LogP contribution in [0.25, 0.3) is 21.8 Å². The lowest BCUT2D eigenvalue weighted by molar-refractivity contribution is 1.25. The lowest BCUT2D eigenvalue weighted by atomic mass is 10.0. The second-order valence-corrected chi connectivity index (χ2v) is 4.54. The number of aryl methyl sites for hydroxylation is 2. The van der Waals surface area contributed by atoms with Gasteiger partial charge in [0.15, 0.2) is 0 Å². The second kappa shape index (κ2) is 3.57. The third-order valence-electron chi connectivity index (χ3n) is 3.25. The van der Waals surface area contributed by atoms with Crippen LogP contribution < -0.4 is 11.1 Å². The highest BCUT2D eigenvalue weighted by molar-refractivity contribution is 6.04. The van der Waals surface area contributed by atoms with E-state index in [1.165, 1.54) is 0 Å². The fraction of sp³-hybridized carbons (Fsp3) is 0.143. The Hall–Kier alpha value is -2.36. The normalized spacial score (nSPS) is 11.2. The average molecular weight is 240 g/mol. The van der Waals surface area contributed by atoms with E-state index >= 15 is 0 Å². The molecule has 0 atom stereocenters. The number of hydrogen-bond donors (Lipinski definition) is 2. The molecule has 1 aromatic carbocycles. The molecule has 2 heterocycles. The van der Waals surface area contributed by atoms with Crippen LogP contribution in [-0.2, 0) is 0 Å². The van der Waals surface area contributed by atoms with Gasteiger partial charge in [0.25, 0.3) is 0 Å². The monoisotopic (exact) mass is 240 g/mol. The first-order valence-corrected chi connectivity index (χ1v) is 5.72. The minimum atomic E-state index is -0.158. The van der Waals surface area contributed by atoms with Crippen LogP contribution in [0.2, 0.25) is 0 Å². The predicted octanol–water partition coefficient (Wildman–Crippen LogP) is 1.99. The van der Waals surface area contributed by atoms with Crippen LogP contribution in [0.5, 0.6) is 0 Å². The number of fused-ring (bicyclic) bond motifs is 3. The molecular formula is C14H12N2O2. The van der Waals surface area contributed by atoms with E-state index in [1.54, 1.807) is 12.1 Å². The summed E-state index contributed by atoms with van der Waals surface area (Å²) in [6.45, 7) is 3.77. The Morgan fingerprint density at radius 2 is 1.17 bits per heavy atom. The van der Waals surface area contributed by atoms with Crippen molar-refractivity contribution in [3.8, 4) is 0 Å². The van der Waals surface area contributed by atoms with Gasteiger partial charge in [-0.15, -0.1) is 0 Å². The molecule has 90 valence electrons. The second-order valence-electron chi connectivity index (χ2n) is 4.54. The van der Waals surface area contributed by atoms with Gasteiger partial charge >= 0.3 is 0 Å². The van der Waals surface area contributed by atoms with E-state index in [9.17, 15) is 9.59 Å². The molecule has 0 amide bonds. The Morgan fingerprint density at radius 1 is 0.778 bits per heavy atom. The first-order valence-electron chi connectivity index (χ1n) is 5.72. The van der Waals surface area contributed by atoms with Crippen LogP contribution in [-0.4, -0.2) is 9.97 Å². The average Bonchev–Trinajstić information content (AvgIpc) is 2.28. The summed E-state index contributed by atoms with van der Waals surface area (Å²) in [7, 11) is 0. The highest BCUT2D eigenvalue weighted by Gasteiger charge is 2.07. The topological polar surface area (TPSA) is 65.7 Å². The molecular weight excluding hydrogens is 228 g/mol. The maximum Gasteiger partial charge on any atom is 0.248 e. The lowest BCUT2D eigenvalue weighted by Crippen LogP contribution is -2.09. The number of rotatable bonds is 0. The smallest absolute Gasteiger partial charge is 0.248 e. The van der Waals surface area contributed by atoms with E-state index in [-0.39, 0.29) is 11.1 Å². The van der Waals surface area contributed by atoms with Crippen molar-refractivity contribution in [3.63, 3.8) is 0 Å². The highest BCUT2D eigenvalue weighted by atomic mass is 16.1. The van der Waals surface area contributed by atoms with E-state index in [1.807, 2.05) is 26.0 Å². The lowest BCUT2D eigenvalue weighted by Gasteiger charge is -2.07. The summed E-state index contributed by atoms with van der Waals surface area (Å²) >= 11 is 0. The molecule has 2 N–H and O–H groups in total. The molecule has 3 aromatic rings. The molecule has 0 saturated heterocycles. The first kappa shape index (κ1) is 10.8. The molecule has 0 aliphatic carbocycles. The van der Waals surface area contributed by atoms with Gasteiger partial charge in [0.1, 0.15) is 0 Å². The van der Waals surface area contributed by atoms with Gasteiger partial charge in [0.05, 0.1) is 11.0 Å². The fourth-order valence-corrected chi connectivity index (χ4v) is 2.39. The van der Waals surface area contributed by atoms with E-state index in [2.05, 4.69) is 9.97 Å². The molecule has 0 aliphatic heterocycles. The summed E-state index contributed by atoms with van der Waals surface area (Å²) in [4.78, 5) is 28.7. The summed E-state index contributed by atoms with van der Waals surface area (Å²) < 4.78 is 0. The summed E-state index contributed by atoms with van der Waals surface area (Å²) in [6.07, 6.45) is 0. The van der Waals surface area contributed by atoms with Crippen molar-refractivity contribution >= 4 is 21.8 Å². The molecule has 0 fully saturated rings. The Balaban J connectivity index is 2.69. The molecule has 4 nitrogen and oxygen atoms in total. The molecule has 0 radical (unpaired) electrons. The van der Waals surface area contributed by atoms with Crippen molar-refractivity contribution in [2.24, 2.45) is 0 Å². The SMILES string of the molecule is Cc1cc(=O)[nH]c2c1ccc1c(C)cc(=O)[nH]c12. The highest BCUT2D eigenvalue weighted by Crippen LogP contribution is 2.23. The van der Waals surface area contributed by atoms with E-state index in [0.717, 1.165) is 21.9 Å². The number of H-pyrrole nitrogens is 2. The molecule has 3 rings (SSSR count). The van der Waals surface area contributed by atoms with Crippen LogP contribution in [0, 0.1) is 13.8 Å². The van der Waals surface area contributed by atoms with Crippen molar-refractivity contribution in [2.75, 3.05) is 0 Å². The first-order chi connectivity index (χ1) is 8.56. The standard InChI is InChI=1S/C14H12N2O2/c1-7-5-11(17)15-13-9(7)3-4-10-8(2)6-12(18)16-14(10)13/h3-6H,1-2H3,(H,15,17)(H,16,18). The molecule has 2 aromatic heterocycles. The van der Waals surface area contributed by atoms with Crippen LogP contribution in [0.15, 0.2) is 33.9 Å². The van der Waals surface area contributed by atoms with Crippen LogP contribution in [0.1, 0.15) is 11.1 Å². The minimum Gasteiger partial charge on any atom is -0.320 e. The number of aromatic nitrogens is 2. The third-order valence-corrected chi connectivity index (χ3v) is 3.25. The largest absolute Gasteiger partial charge is 0.320 e. The summed E-state index contributed by atoms with van der Waals surface area (Å²) in [5.74, 6) is 0. The van der Waals surface area contributed by atoms with Gasteiger partial charge < -0.3 is 9.97 Å². The van der Waals surface area contributed by atoms with Gasteiger partial charge in [0.2, 0.25) is 11.1 Å². The zero-order chi connectivity index (χ0) is 12.9. The van der Waals surface area contributed by atoms with Crippen molar-refractivity contribution in [2.45, 2.75) is 13.8 Å². The van der Waals surface area contributed by atoms with Gasteiger partial charge in [0, 0.05) is 22.9 Å². The Labute approximate surface area is 102 Å². The molecule has 0 spiro atoms. The molecule has 4 heteroatoms. The number of aromatic amines is 2. The molecule has 18 heavy (non-hydrogen) atoms. The summed E-state index contributed by atoms with van der Waals surface area (Å²) in [5, 5.41) is 1.90. The maximum atomic E-state index is 11.6. The van der Waals surface area contributed by atoms with Gasteiger partial charge in [-0.25, -0.2) is 0 Å². The van der Waals surface area contributed by atoms with Crippen molar-refractivity contribution in [1.82, 2.24) is 9.97 Å². The number of nitrogens with one attached hydrogen (secondary N) is 2. The number of pyridine rings is 2. The van der Waals surface area contributed by atoms with Crippen LogP contribution in [0.4, 0.5) is 0 Å². The maximum absolute atomic E-state index is 11.6. The van der Waals surface area contributed by atoms with Crippen molar-refractivity contribution in [3.05, 3.63) is 56.1 Å². The summed E-state index contributed by atoms with van der Waals surface area (Å²) in [5.41, 5.74) is 2.87. The van der Waals surface area contributed by atoms with Gasteiger partial charge in [-0.1, -0.05) is 12.1 Å². The van der Waals surface area contributed by atoms with Gasteiger partial charge in [-0.05, 0) is 25.0 Å². The predicted molar refractivity (Wildman–Crippen MR) is 72.2 cm³/mol. The molecule has 0 saturated carbocycles. The number of benzene rings is 1. The Bertz CT molecular complexity index is 813. The van der Waals surface area contributed by atoms with E-state index in [4.69, 9.17) is 0 Å². The Kier molecular flexibility index (Phi) is 2.13. The zero-order valence-corrected chi connectivity index (χ0v) is 10.1.